The van der Waals surface area contributed by atoms with Gasteiger partial charge in [0.25, 0.3) is 5.91 Å². The predicted octanol–water partition coefficient (Wildman–Crippen LogP) is 2.00. The zero-order valence-corrected chi connectivity index (χ0v) is 19.3. The summed E-state index contributed by atoms with van der Waals surface area (Å²) in [6.07, 6.45) is -3.31. The van der Waals surface area contributed by atoms with Gasteiger partial charge in [-0.25, -0.2) is 9.67 Å². The van der Waals surface area contributed by atoms with Gasteiger partial charge in [-0.3, -0.25) is 4.79 Å². The first-order valence-corrected chi connectivity index (χ1v) is 11.5. The molecule has 0 saturated carbocycles. The maximum absolute atomic E-state index is 11.4. The summed E-state index contributed by atoms with van der Waals surface area (Å²) in [5.41, 5.74) is 6.91. The van der Waals surface area contributed by atoms with E-state index in [4.69, 9.17) is 15.2 Å². The Morgan fingerprint density at radius 3 is 1.83 bits per heavy atom. The fraction of sp³-hybridized carbons (Fsp3) is 0.222. The molecular formula is C27H26N4O5. The van der Waals surface area contributed by atoms with Crippen LogP contribution in [0.15, 0.2) is 97.3 Å². The molecule has 0 spiro atoms. The summed E-state index contributed by atoms with van der Waals surface area (Å²) in [5, 5.41) is 25.4. The number of nitrogens with zero attached hydrogens (tertiary/aromatic N) is 3. The van der Waals surface area contributed by atoms with Crippen molar-refractivity contribution in [1.29, 1.82) is 0 Å². The number of aliphatic hydroxyl groups excluding tert-OH is 2. The second-order valence-corrected chi connectivity index (χ2v) is 8.55. The smallest absolute Gasteiger partial charge is 0.288 e. The molecule has 1 amide bonds. The van der Waals surface area contributed by atoms with Crippen LogP contribution in [0.4, 0.5) is 0 Å². The van der Waals surface area contributed by atoms with Gasteiger partial charge in [-0.1, -0.05) is 91.0 Å². The molecule has 0 bridgehead atoms. The second kappa shape index (κ2) is 10.00. The van der Waals surface area contributed by atoms with Gasteiger partial charge in [0.1, 0.15) is 30.2 Å². The zero-order chi connectivity index (χ0) is 25.1. The lowest BCUT2D eigenvalue weighted by Crippen LogP contribution is -2.39. The average Bonchev–Trinajstić information content (AvgIpc) is 3.52. The Balaban J connectivity index is 1.49. The van der Waals surface area contributed by atoms with Crippen LogP contribution < -0.4 is 5.73 Å². The van der Waals surface area contributed by atoms with Crippen molar-refractivity contribution in [2.75, 3.05) is 6.61 Å². The number of hydrogen-bond donors (Lipinski definition) is 3. The topological polar surface area (TPSA) is 133 Å². The number of hydrogen-bond acceptors (Lipinski definition) is 7. The molecule has 1 aromatic heterocycles. The van der Waals surface area contributed by atoms with Crippen molar-refractivity contribution in [3.05, 3.63) is 120 Å². The third kappa shape index (κ3) is 4.29. The second-order valence-electron chi connectivity index (χ2n) is 8.55. The van der Waals surface area contributed by atoms with E-state index in [-0.39, 0.29) is 12.4 Å². The van der Waals surface area contributed by atoms with E-state index in [0.717, 1.165) is 16.7 Å². The highest BCUT2D eigenvalue weighted by Crippen LogP contribution is 2.41. The molecule has 1 aliphatic heterocycles. The van der Waals surface area contributed by atoms with Gasteiger partial charge in [0.05, 0.1) is 6.61 Å². The summed E-state index contributed by atoms with van der Waals surface area (Å²) in [4.78, 5) is 15.2. The largest absolute Gasteiger partial charge is 0.387 e. The molecule has 0 unspecified atom stereocenters. The van der Waals surface area contributed by atoms with E-state index in [9.17, 15) is 15.0 Å². The Labute approximate surface area is 207 Å². The Bertz CT molecular complexity index is 1200. The predicted molar refractivity (Wildman–Crippen MR) is 130 cm³/mol. The molecule has 1 saturated heterocycles. The highest BCUT2D eigenvalue weighted by atomic mass is 16.6. The van der Waals surface area contributed by atoms with Gasteiger partial charge in [0.15, 0.2) is 6.23 Å². The first-order chi connectivity index (χ1) is 17.5. The number of primary amides is 1. The van der Waals surface area contributed by atoms with E-state index in [0.29, 0.717) is 0 Å². The lowest BCUT2D eigenvalue weighted by Gasteiger charge is -2.37. The molecule has 4 N–H and O–H groups in total. The first kappa shape index (κ1) is 23.8. The minimum atomic E-state index is -1.32. The van der Waals surface area contributed by atoms with Crippen molar-refractivity contribution in [2.45, 2.75) is 30.1 Å². The number of nitrogens with two attached hydrogens (primary N) is 1. The lowest BCUT2D eigenvalue weighted by molar-refractivity contribution is -0.0975. The fourth-order valence-corrected chi connectivity index (χ4v) is 4.57. The van der Waals surface area contributed by atoms with Crippen LogP contribution in [0.1, 0.15) is 33.5 Å². The Hall–Kier alpha value is -3.89. The van der Waals surface area contributed by atoms with Gasteiger partial charge in [-0.05, 0) is 16.7 Å². The van der Waals surface area contributed by atoms with E-state index in [1.54, 1.807) is 0 Å². The molecule has 1 fully saturated rings. The van der Waals surface area contributed by atoms with Gasteiger partial charge in [-0.2, -0.15) is 0 Å². The maximum atomic E-state index is 11.4. The Morgan fingerprint density at radius 2 is 1.39 bits per heavy atom. The highest BCUT2D eigenvalue weighted by Gasteiger charge is 2.46. The Morgan fingerprint density at radius 1 is 0.889 bits per heavy atom. The monoisotopic (exact) mass is 486 g/mol. The number of benzene rings is 3. The summed E-state index contributed by atoms with van der Waals surface area (Å²) in [7, 11) is 0. The minimum Gasteiger partial charge on any atom is -0.387 e. The molecule has 0 aliphatic carbocycles. The SMILES string of the molecule is NC(=O)c1ncn([C@@H]2O[C@H](COC(c3ccccc3)(c3ccccc3)c3ccccc3)[C@@H](O)[C@H]2O)n1. The van der Waals surface area contributed by atoms with Crippen molar-refractivity contribution in [3.63, 3.8) is 0 Å². The van der Waals surface area contributed by atoms with E-state index >= 15 is 0 Å². The minimum absolute atomic E-state index is 0.0508. The van der Waals surface area contributed by atoms with Crippen LogP contribution in [-0.4, -0.2) is 55.8 Å². The van der Waals surface area contributed by atoms with Crippen molar-refractivity contribution >= 4 is 5.91 Å². The van der Waals surface area contributed by atoms with Gasteiger partial charge >= 0.3 is 0 Å². The zero-order valence-electron chi connectivity index (χ0n) is 19.3. The van der Waals surface area contributed by atoms with Crippen LogP contribution in [0, 0.1) is 0 Å². The molecule has 9 nitrogen and oxygen atoms in total. The standard InChI is InChI=1S/C27H26N4O5/c28-24(34)25-29-17-31(30-25)26-23(33)22(32)21(36-26)16-35-27(18-10-4-1-5-11-18,19-12-6-2-7-13-19)20-14-8-3-9-15-20/h1-15,17,21-23,26,32-33H,16H2,(H2,28,34)/t21-,22-,23-,26-/m1/s1. The molecule has 9 heteroatoms. The Kier molecular flexibility index (Phi) is 6.62. The van der Waals surface area contributed by atoms with Crippen LogP contribution in [0.2, 0.25) is 0 Å². The molecular weight excluding hydrogens is 460 g/mol. The fourth-order valence-electron chi connectivity index (χ4n) is 4.57. The van der Waals surface area contributed by atoms with Crippen molar-refractivity contribution in [3.8, 4) is 0 Å². The van der Waals surface area contributed by atoms with E-state index in [2.05, 4.69) is 10.1 Å². The van der Waals surface area contributed by atoms with Crippen LogP contribution in [-0.2, 0) is 15.1 Å². The number of ether oxygens (including phenoxy) is 2. The summed E-state index contributed by atoms with van der Waals surface area (Å²) in [5.74, 6) is -1.02. The van der Waals surface area contributed by atoms with Crippen molar-refractivity contribution in [2.24, 2.45) is 5.73 Å². The molecule has 4 aromatic rings. The van der Waals surface area contributed by atoms with Crippen LogP contribution >= 0.6 is 0 Å². The summed E-state index contributed by atoms with van der Waals surface area (Å²) >= 11 is 0. The third-order valence-corrected chi connectivity index (χ3v) is 6.33. The molecule has 1 aliphatic rings. The van der Waals surface area contributed by atoms with Crippen molar-refractivity contribution in [1.82, 2.24) is 14.8 Å². The van der Waals surface area contributed by atoms with Crippen molar-refractivity contribution < 1.29 is 24.5 Å². The van der Waals surface area contributed by atoms with Gasteiger partial charge in [0.2, 0.25) is 5.82 Å². The molecule has 5 rings (SSSR count). The quantitative estimate of drug-likeness (QED) is 0.325. The van der Waals surface area contributed by atoms with Crippen LogP contribution in [0.3, 0.4) is 0 Å². The normalized spacial score (nSPS) is 21.9. The molecule has 2 heterocycles. The van der Waals surface area contributed by atoms with E-state index in [1.165, 1.54) is 11.0 Å². The molecule has 4 atom stereocenters. The maximum Gasteiger partial charge on any atom is 0.288 e. The van der Waals surface area contributed by atoms with Gasteiger partial charge in [0, 0.05) is 0 Å². The van der Waals surface area contributed by atoms with Gasteiger partial charge in [-0.15, -0.1) is 5.10 Å². The number of aliphatic hydroxyl groups is 2. The average molecular weight is 487 g/mol. The molecule has 0 radical (unpaired) electrons. The summed E-state index contributed by atoms with van der Waals surface area (Å²) in [6, 6.07) is 29.4. The summed E-state index contributed by atoms with van der Waals surface area (Å²) < 4.78 is 13.8. The molecule has 3 aromatic carbocycles. The van der Waals surface area contributed by atoms with E-state index in [1.807, 2.05) is 91.0 Å². The first-order valence-electron chi connectivity index (χ1n) is 11.5. The molecule has 36 heavy (non-hydrogen) atoms. The third-order valence-electron chi connectivity index (χ3n) is 6.33. The number of carbonyl (C=O) groups excluding carboxylic acids is 1. The number of aromatic nitrogens is 3. The highest BCUT2D eigenvalue weighted by molar-refractivity contribution is 5.88. The van der Waals surface area contributed by atoms with Crippen LogP contribution in [0.25, 0.3) is 0 Å². The van der Waals surface area contributed by atoms with E-state index < -0.39 is 36.0 Å². The number of amides is 1. The van der Waals surface area contributed by atoms with Gasteiger partial charge < -0.3 is 25.4 Å². The van der Waals surface area contributed by atoms with Crippen LogP contribution in [0.5, 0.6) is 0 Å². The molecule has 184 valence electrons. The summed E-state index contributed by atoms with van der Waals surface area (Å²) in [6.45, 7) is -0.0508. The number of rotatable bonds is 8. The number of carbonyl (C=O) groups is 1. The lowest BCUT2D eigenvalue weighted by atomic mass is 9.80.